The number of amides is 2. The van der Waals surface area contributed by atoms with Gasteiger partial charge in [-0.25, -0.2) is 0 Å². The summed E-state index contributed by atoms with van der Waals surface area (Å²) in [6.45, 7) is 6.37. The molecule has 1 saturated heterocycles. The van der Waals surface area contributed by atoms with Crippen molar-refractivity contribution in [3.8, 4) is 5.75 Å². The topological polar surface area (TPSA) is 81.1 Å². The second-order valence-corrected chi connectivity index (χ2v) is 6.69. The molecule has 1 fully saturated rings. The number of hydrogen-bond donors (Lipinski definition) is 3. The highest BCUT2D eigenvalue weighted by Gasteiger charge is 2.25. The number of carbonyl (C=O) groups is 2. The Morgan fingerprint density at radius 3 is 2.40 bits per heavy atom. The second-order valence-electron chi connectivity index (χ2n) is 6.25. The van der Waals surface area contributed by atoms with E-state index >= 15 is 0 Å². The van der Waals surface area contributed by atoms with Crippen molar-refractivity contribution in [1.82, 2.24) is 10.9 Å². The quantitative estimate of drug-likeness (QED) is 0.613. The van der Waals surface area contributed by atoms with E-state index in [2.05, 4.69) is 10.9 Å². The van der Waals surface area contributed by atoms with E-state index in [1.165, 1.54) is 4.90 Å². The van der Waals surface area contributed by atoms with Crippen LogP contribution >= 0.6 is 11.6 Å². The minimum atomic E-state index is -0.427. The van der Waals surface area contributed by atoms with Crippen LogP contribution in [0.4, 0.5) is 0 Å². The SMILES string of the molecule is C[C@H]1C[NH+](CCC(=O)NNC(=O)COc2ccc(Cl)cc2)C[C@H](C)O1. The molecule has 3 N–H and O–H groups in total. The van der Waals surface area contributed by atoms with E-state index in [1.807, 2.05) is 13.8 Å². The van der Waals surface area contributed by atoms with Crippen LogP contribution in [0.2, 0.25) is 5.02 Å². The zero-order valence-corrected chi connectivity index (χ0v) is 15.3. The predicted octanol–water partition coefficient (Wildman–Crippen LogP) is -0.0516. The first-order valence-corrected chi connectivity index (χ1v) is 8.75. The molecule has 1 heterocycles. The fourth-order valence-electron chi connectivity index (χ4n) is 2.80. The molecule has 0 bridgehead atoms. The summed E-state index contributed by atoms with van der Waals surface area (Å²) in [7, 11) is 0. The molecule has 0 aliphatic carbocycles. The lowest BCUT2D eigenvalue weighted by Gasteiger charge is -2.32. The lowest BCUT2D eigenvalue weighted by molar-refractivity contribution is -0.914. The average Bonchev–Trinajstić information content (AvgIpc) is 2.57. The van der Waals surface area contributed by atoms with Gasteiger partial charge in [0.25, 0.3) is 5.91 Å². The molecule has 0 aromatic heterocycles. The van der Waals surface area contributed by atoms with Gasteiger partial charge in [-0.05, 0) is 38.1 Å². The maximum Gasteiger partial charge on any atom is 0.276 e. The highest BCUT2D eigenvalue weighted by molar-refractivity contribution is 6.30. The molecule has 0 unspecified atom stereocenters. The van der Waals surface area contributed by atoms with Crippen LogP contribution in [0.1, 0.15) is 20.3 Å². The minimum Gasteiger partial charge on any atom is -0.484 e. The average molecular weight is 371 g/mol. The van der Waals surface area contributed by atoms with E-state index in [0.29, 0.717) is 23.7 Å². The number of carbonyl (C=O) groups excluding carboxylic acids is 2. The summed E-state index contributed by atoms with van der Waals surface area (Å²) in [6.07, 6.45) is 0.741. The summed E-state index contributed by atoms with van der Waals surface area (Å²) in [5.74, 6) is -0.117. The smallest absolute Gasteiger partial charge is 0.276 e. The van der Waals surface area contributed by atoms with Crippen molar-refractivity contribution < 1.29 is 24.0 Å². The van der Waals surface area contributed by atoms with Crippen LogP contribution in [0.25, 0.3) is 0 Å². The summed E-state index contributed by atoms with van der Waals surface area (Å²) in [5.41, 5.74) is 4.75. The van der Waals surface area contributed by atoms with Gasteiger partial charge in [-0.2, -0.15) is 0 Å². The lowest BCUT2D eigenvalue weighted by atomic mass is 10.2. The summed E-state index contributed by atoms with van der Waals surface area (Å²) >= 11 is 5.77. The van der Waals surface area contributed by atoms with Crippen LogP contribution in [0.3, 0.4) is 0 Å². The van der Waals surface area contributed by atoms with Crippen LogP contribution in [0, 0.1) is 0 Å². The number of quaternary nitrogens is 1. The van der Waals surface area contributed by atoms with Crippen LogP contribution in [-0.2, 0) is 14.3 Å². The van der Waals surface area contributed by atoms with Gasteiger partial charge in [0.05, 0.1) is 13.0 Å². The van der Waals surface area contributed by atoms with E-state index in [4.69, 9.17) is 21.1 Å². The molecule has 1 aliphatic rings. The van der Waals surface area contributed by atoms with Crippen molar-refractivity contribution in [2.24, 2.45) is 0 Å². The van der Waals surface area contributed by atoms with Gasteiger partial charge >= 0.3 is 0 Å². The molecule has 2 atom stereocenters. The van der Waals surface area contributed by atoms with Gasteiger partial charge in [0.1, 0.15) is 31.0 Å². The number of hydrazine groups is 1. The Balaban J connectivity index is 1.60. The first kappa shape index (κ1) is 19.5. The Bertz CT molecular complexity index is 572. The summed E-state index contributed by atoms with van der Waals surface area (Å²) in [4.78, 5) is 24.9. The number of halogens is 1. The Labute approximate surface area is 152 Å². The number of rotatable bonds is 6. The van der Waals surface area contributed by atoms with Gasteiger partial charge in [-0.3, -0.25) is 20.4 Å². The van der Waals surface area contributed by atoms with Crippen molar-refractivity contribution in [2.75, 3.05) is 26.2 Å². The van der Waals surface area contributed by atoms with Gasteiger partial charge in [0.2, 0.25) is 5.91 Å². The Morgan fingerprint density at radius 2 is 1.76 bits per heavy atom. The standard InChI is InChI=1S/C17H24ClN3O4/c1-12-9-21(10-13(2)25-12)8-7-16(22)19-20-17(23)11-24-15-5-3-14(18)4-6-15/h3-6,12-13H,7-11H2,1-2H3,(H,19,22)(H,20,23)/p+1/t12-,13-/m0/s1. The van der Waals surface area contributed by atoms with Crippen molar-refractivity contribution in [1.29, 1.82) is 0 Å². The third kappa shape index (κ3) is 7.29. The van der Waals surface area contributed by atoms with E-state index in [0.717, 1.165) is 13.1 Å². The molecule has 25 heavy (non-hydrogen) atoms. The Kier molecular flexibility index (Phi) is 7.49. The molecular weight excluding hydrogens is 346 g/mol. The second kappa shape index (κ2) is 9.60. The van der Waals surface area contributed by atoms with E-state index in [1.54, 1.807) is 24.3 Å². The fraction of sp³-hybridized carbons (Fsp3) is 0.529. The molecule has 7 nitrogen and oxygen atoms in total. The molecule has 2 amide bonds. The molecule has 2 rings (SSSR count). The van der Waals surface area contributed by atoms with Crippen molar-refractivity contribution in [2.45, 2.75) is 32.5 Å². The molecule has 1 aromatic carbocycles. The maximum atomic E-state index is 11.8. The van der Waals surface area contributed by atoms with Gasteiger partial charge in [-0.15, -0.1) is 0 Å². The molecule has 0 saturated carbocycles. The largest absolute Gasteiger partial charge is 0.484 e. The highest BCUT2D eigenvalue weighted by Crippen LogP contribution is 2.15. The molecule has 0 radical (unpaired) electrons. The summed E-state index contributed by atoms with van der Waals surface area (Å²) < 4.78 is 11.0. The Hall–Kier alpha value is -1.83. The molecule has 138 valence electrons. The molecule has 1 aromatic rings. The Morgan fingerprint density at radius 1 is 1.16 bits per heavy atom. The highest BCUT2D eigenvalue weighted by atomic mass is 35.5. The van der Waals surface area contributed by atoms with Crippen molar-refractivity contribution >= 4 is 23.4 Å². The number of nitrogens with one attached hydrogen (secondary N) is 3. The fourth-order valence-corrected chi connectivity index (χ4v) is 2.93. The number of ether oxygens (including phenoxy) is 2. The van der Waals surface area contributed by atoms with Gasteiger partial charge in [0.15, 0.2) is 6.61 Å². The van der Waals surface area contributed by atoms with E-state index in [-0.39, 0.29) is 24.7 Å². The normalized spacial score (nSPS) is 22.9. The third-order valence-corrected chi connectivity index (χ3v) is 4.10. The number of morpholine rings is 1. The first-order valence-electron chi connectivity index (χ1n) is 8.37. The minimum absolute atomic E-state index is 0.189. The molecular formula is C17H25ClN3O4+. The monoisotopic (exact) mass is 370 g/mol. The summed E-state index contributed by atoms with van der Waals surface area (Å²) in [5, 5.41) is 0.593. The van der Waals surface area contributed by atoms with Gasteiger partial charge in [0, 0.05) is 5.02 Å². The van der Waals surface area contributed by atoms with Crippen LogP contribution in [-0.4, -0.2) is 50.3 Å². The lowest BCUT2D eigenvalue weighted by Crippen LogP contribution is -3.15. The number of hydrogen-bond acceptors (Lipinski definition) is 4. The predicted molar refractivity (Wildman–Crippen MR) is 93.4 cm³/mol. The maximum absolute atomic E-state index is 11.8. The van der Waals surface area contributed by atoms with Crippen molar-refractivity contribution in [3.63, 3.8) is 0 Å². The van der Waals surface area contributed by atoms with Gasteiger partial charge < -0.3 is 14.4 Å². The number of benzene rings is 1. The van der Waals surface area contributed by atoms with Crippen LogP contribution < -0.4 is 20.5 Å². The van der Waals surface area contributed by atoms with Crippen LogP contribution in [0.5, 0.6) is 5.75 Å². The van der Waals surface area contributed by atoms with Gasteiger partial charge in [-0.1, -0.05) is 11.6 Å². The molecule has 0 spiro atoms. The zero-order chi connectivity index (χ0) is 18.2. The molecule has 8 heteroatoms. The first-order chi connectivity index (χ1) is 11.9. The van der Waals surface area contributed by atoms with Crippen molar-refractivity contribution in [3.05, 3.63) is 29.3 Å². The third-order valence-electron chi connectivity index (χ3n) is 3.85. The summed E-state index contributed by atoms with van der Waals surface area (Å²) in [6, 6.07) is 6.68. The van der Waals surface area contributed by atoms with E-state index < -0.39 is 5.91 Å². The van der Waals surface area contributed by atoms with E-state index in [9.17, 15) is 9.59 Å². The van der Waals surface area contributed by atoms with Crippen LogP contribution in [0.15, 0.2) is 24.3 Å². The molecule has 1 aliphatic heterocycles. The zero-order valence-electron chi connectivity index (χ0n) is 14.5.